The molecule has 0 fully saturated rings. The first-order chi connectivity index (χ1) is 7.00. The highest BCUT2D eigenvalue weighted by Gasteiger charge is 2.05. The van der Waals surface area contributed by atoms with Crippen molar-refractivity contribution >= 4 is 11.5 Å². The van der Waals surface area contributed by atoms with E-state index in [1.54, 1.807) is 26.0 Å². The van der Waals surface area contributed by atoms with Gasteiger partial charge in [-0.1, -0.05) is 0 Å². The zero-order valence-electron chi connectivity index (χ0n) is 9.40. The smallest absolute Gasteiger partial charge is 0.159 e. The van der Waals surface area contributed by atoms with Crippen LogP contribution in [0.15, 0.2) is 24.3 Å². The summed E-state index contributed by atoms with van der Waals surface area (Å²) in [6, 6.07) is 7.38. The molecule has 0 aliphatic heterocycles. The van der Waals surface area contributed by atoms with Crippen LogP contribution in [0.4, 0.5) is 5.69 Å². The summed E-state index contributed by atoms with van der Waals surface area (Å²) in [6.07, 6.45) is -0.359. The maximum absolute atomic E-state index is 11.1. The van der Waals surface area contributed by atoms with Gasteiger partial charge in [-0.3, -0.25) is 4.79 Å². The molecule has 0 aliphatic carbocycles. The second kappa shape index (κ2) is 4.94. The quantitative estimate of drug-likeness (QED) is 0.764. The van der Waals surface area contributed by atoms with Crippen molar-refractivity contribution in [1.29, 1.82) is 0 Å². The molecule has 1 rings (SSSR count). The molecule has 0 saturated carbocycles. The Kier molecular flexibility index (Phi) is 3.86. The van der Waals surface area contributed by atoms with E-state index in [0.29, 0.717) is 12.1 Å². The monoisotopic (exact) mass is 207 g/mol. The Morgan fingerprint density at radius 1 is 1.40 bits per heavy atom. The van der Waals surface area contributed by atoms with Gasteiger partial charge in [-0.05, 0) is 38.1 Å². The van der Waals surface area contributed by atoms with E-state index >= 15 is 0 Å². The Bertz CT molecular complexity index is 330. The van der Waals surface area contributed by atoms with Crippen LogP contribution in [-0.2, 0) is 0 Å². The molecule has 0 spiro atoms. The lowest BCUT2D eigenvalue weighted by Gasteiger charge is -2.20. The summed E-state index contributed by atoms with van der Waals surface area (Å²) in [6.45, 7) is 3.88. The van der Waals surface area contributed by atoms with E-state index in [1.165, 1.54) is 0 Å². The van der Waals surface area contributed by atoms with Crippen LogP contribution in [-0.4, -0.2) is 30.6 Å². The van der Waals surface area contributed by atoms with E-state index in [9.17, 15) is 9.90 Å². The zero-order valence-corrected chi connectivity index (χ0v) is 9.40. The molecular weight excluding hydrogens is 190 g/mol. The van der Waals surface area contributed by atoms with Crippen molar-refractivity contribution in [1.82, 2.24) is 0 Å². The van der Waals surface area contributed by atoms with Gasteiger partial charge in [-0.25, -0.2) is 0 Å². The van der Waals surface area contributed by atoms with E-state index in [-0.39, 0.29) is 11.9 Å². The van der Waals surface area contributed by atoms with Crippen LogP contribution in [0, 0.1) is 0 Å². The molecule has 0 aromatic heterocycles. The summed E-state index contributed by atoms with van der Waals surface area (Å²) in [7, 11) is 1.91. The van der Waals surface area contributed by atoms with E-state index < -0.39 is 0 Å². The molecule has 3 heteroatoms. The minimum atomic E-state index is -0.359. The number of ketones is 1. The molecule has 82 valence electrons. The first kappa shape index (κ1) is 11.7. The molecule has 3 nitrogen and oxygen atoms in total. The van der Waals surface area contributed by atoms with Crippen molar-refractivity contribution < 1.29 is 9.90 Å². The van der Waals surface area contributed by atoms with Gasteiger partial charge in [0.2, 0.25) is 0 Å². The van der Waals surface area contributed by atoms with Crippen LogP contribution in [0.25, 0.3) is 0 Å². The predicted octanol–water partition coefficient (Wildman–Crippen LogP) is 1.71. The maximum atomic E-state index is 11.1. The lowest BCUT2D eigenvalue weighted by atomic mass is 10.1. The van der Waals surface area contributed by atoms with Crippen molar-refractivity contribution in [3.63, 3.8) is 0 Å². The van der Waals surface area contributed by atoms with E-state index in [2.05, 4.69) is 0 Å². The van der Waals surface area contributed by atoms with E-state index in [4.69, 9.17) is 0 Å². The molecule has 1 aromatic carbocycles. The third-order valence-corrected chi connectivity index (χ3v) is 2.25. The minimum Gasteiger partial charge on any atom is -0.392 e. The van der Waals surface area contributed by atoms with Gasteiger partial charge >= 0.3 is 0 Å². The van der Waals surface area contributed by atoms with Crippen LogP contribution < -0.4 is 4.90 Å². The molecule has 0 heterocycles. The third-order valence-electron chi connectivity index (χ3n) is 2.25. The lowest BCUT2D eigenvalue weighted by molar-refractivity contribution is 0.101. The van der Waals surface area contributed by atoms with Crippen molar-refractivity contribution in [2.24, 2.45) is 0 Å². The molecule has 0 aliphatic rings. The number of anilines is 1. The average molecular weight is 207 g/mol. The number of hydrogen-bond acceptors (Lipinski definition) is 3. The highest BCUT2D eigenvalue weighted by molar-refractivity contribution is 5.94. The first-order valence-electron chi connectivity index (χ1n) is 5.01. The summed E-state index contributed by atoms with van der Waals surface area (Å²) in [5.41, 5.74) is 1.71. The number of likely N-dealkylation sites (N-methyl/N-ethyl adjacent to an activating group) is 1. The van der Waals surface area contributed by atoms with Crippen LogP contribution in [0.3, 0.4) is 0 Å². The highest BCUT2D eigenvalue weighted by Crippen LogP contribution is 2.14. The molecule has 0 radical (unpaired) electrons. The van der Waals surface area contributed by atoms with Gasteiger partial charge in [0, 0.05) is 24.8 Å². The number of carbonyl (C=O) groups is 1. The Labute approximate surface area is 90.3 Å². The Morgan fingerprint density at radius 2 is 1.93 bits per heavy atom. The number of aliphatic hydroxyl groups excluding tert-OH is 1. The minimum absolute atomic E-state index is 0.0692. The molecular formula is C12H17NO2. The molecule has 1 aromatic rings. The molecule has 0 saturated heterocycles. The number of carbonyl (C=O) groups excluding carboxylic acids is 1. The van der Waals surface area contributed by atoms with E-state index in [1.807, 2.05) is 24.1 Å². The van der Waals surface area contributed by atoms with Crippen molar-refractivity contribution in [3.05, 3.63) is 29.8 Å². The molecule has 1 unspecified atom stereocenters. The summed E-state index contributed by atoms with van der Waals surface area (Å²) < 4.78 is 0. The molecule has 1 N–H and O–H groups in total. The summed E-state index contributed by atoms with van der Waals surface area (Å²) >= 11 is 0. The van der Waals surface area contributed by atoms with Crippen molar-refractivity contribution in [2.75, 3.05) is 18.5 Å². The first-order valence-corrected chi connectivity index (χ1v) is 5.01. The van der Waals surface area contributed by atoms with Crippen LogP contribution in [0.2, 0.25) is 0 Å². The van der Waals surface area contributed by atoms with Gasteiger partial charge in [0.05, 0.1) is 6.10 Å². The fraction of sp³-hybridized carbons (Fsp3) is 0.417. The Balaban J connectivity index is 2.75. The molecule has 0 bridgehead atoms. The Hall–Kier alpha value is -1.35. The number of hydrogen-bond donors (Lipinski definition) is 1. The lowest BCUT2D eigenvalue weighted by Crippen LogP contribution is -2.26. The Morgan fingerprint density at radius 3 is 2.33 bits per heavy atom. The number of aliphatic hydroxyl groups is 1. The third kappa shape index (κ3) is 3.36. The molecule has 0 amide bonds. The van der Waals surface area contributed by atoms with Gasteiger partial charge in [0.1, 0.15) is 0 Å². The standard InChI is InChI=1S/C12H17NO2/c1-9(14)8-13(3)12-6-4-11(5-7-12)10(2)15/h4-7,9,14H,8H2,1-3H3. The number of benzene rings is 1. The second-order valence-electron chi connectivity index (χ2n) is 3.83. The molecule has 15 heavy (non-hydrogen) atoms. The fourth-order valence-corrected chi connectivity index (χ4v) is 1.45. The topological polar surface area (TPSA) is 40.5 Å². The van der Waals surface area contributed by atoms with Gasteiger partial charge in [0.15, 0.2) is 5.78 Å². The largest absolute Gasteiger partial charge is 0.392 e. The maximum Gasteiger partial charge on any atom is 0.159 e. The number of rotatable bonds is 4. The zero-order chi connectivity index (χ0) is 11.4. The summed E-state index contributed by atoms with van der Waals surface area (Å²) in [4.78, 5) is 13.0. The number of nitrogens with zero attached hydrogens (tertiary/aromatic N) is 1. The van der Waals surface area contributed by atoms with Crippen molar-refractivity contribution in [3.8, 4) is 0 Å². The van der Waals surface area contributed by atoms with Gasteiger partial charge in [-0.2, -0.15) is 0 Å². The van der Waals surface area contributed by atoms with Crippen LogP contribution in [0.1, 0.15) is 24.2 Å². The number of Topliss-reactive ketones (excluding diaryl/α,β-unsaturated/α-hetero) is 1. The highest BCUT2D eigenvalue weighted by atomic mass is 16.3. The van der Waals surface area contributed by atoms with E-state index in [0.717, 1.165) is 5.69 Å². The van der Waals surface area contributed by atoms with Gasteiger partial charge in [0.25, 0.3) is 0 Å². The van der Waals surface area contributed by atoms with Crippen LogP contribution in [0.5, 0.6) is 0 Å². The van der Waals surface area contributed by atoms with Gasteiger partial charge in [-0.15, -0.1) is 0 Å². The fourth-order valence-electron chi connectivity index (χ4n) is 1.45. The second-order valence-corrected chi connectivity index (χ2v) is 3.83. The normalized spacial score (nSPS) is 12.3. The van der Waals surface area contributed by atoms with Crippen molar-refractivity contribution in [2.45, 2.75) is 20.0 Å². The average Bonchev–Trinajstić information content (AvgIpc) is 2.17. The van der Waals surface area contributed by atoms with Gasteiger partial charge < -0.3 is 10.0 Å². The predicted molar refractivity (Wildman–Crippen MR) is 61.4 cm³/mol. The SMILES string of the molecule is CC(=O)c1ccc(N(C)CC(C)O)cc1. The summed E-state index contributed by atoms with van der Waals surface area (Å²) in [5.74, 6) is 0.0692. The molecule has 1 atom stereocenters. The summed E-state index contributed by atoms with van der Waals surface area (Å²) in [5, 5.41) is 9.23. The van der Waals surface area contributed by atoms with Crippen LogP contribution >= 0.6 is 0 Å².